The fraction of sp³-hybridized carbons (Fsp3) is 0. The highest BCUT2D eigenvalue weighted by Gasteiger charge is 2.14. The third-order valence-electron chi connectivity index (χ3n) is 2.04. The minimum atomic E-state index is -1.07. The maximum Gasteiger partial charge on any atom is 0.353 e. The molecule has 72 valence electrons. The molecule has 0 spiro atoms. The molecule has 1 heterocycles. The zero-order chi connectivity index (χ0) is 10.3. The normalized spacial score (nSPS) is 10.6. The van der Waals surface area contributed by atoms with Crippen LogP contribution in [0, 0.1) is 0 Å². The number of hydrogen-bond donors (Lipinski definition) is 2. The summed E-state index contributed by atoms with van der Waals surface area (Å²) in [5.74, 6) is -1.07. The Hall–Kier alpha value is -1.68. The van der Waals surface area contributed by atoms with E-state index in [1.807, 2.05) is 0 Å². The molecule has 0 fully saturated rings. The minimum absolute atomic E-state index is 0.0135. The smallest absolute Gasteiger partial charge is 0.353 e. The second kappa shape index (κ2) is 2.92. The summed E-state index contributed by atoms with van der Waals surface area (Å²) in [5.41, 5.74) is 6.81. The average Bonchev–Trinajstić information content (AvgIpc) is 2.46. The first-order chi connectivity index (χ1) is 6.61. The van der Waals surface area contributed by atoms with E-state index in [2.05, 4.69) is 0 Å². The lowest BCUT2D eigenvalue weighted by molar-refractivity contribution is 0.0690. The van der Waals surface area contributed by atoms with Crippen molar-refractivity contribution in [1.82, 2.24) is 4.09 Å². The largest absolute Gasteiger partial charge is 0.477 e. The van der Waals surface area contributed by atoms with Gasteiger partial charge in [0, 0.05) is 22.9 Å². The molecule has 0 saturated heterocycles. The van der Waals surface area contributed by atoms with E-state index in [1.165, 1.54) is 6.07 Å². The van der Waals surface area contributed by atoms with Crippen LogP contribution in [0.25, 0.3) is 10.9 Å². The van der Waals surface area contributed by atoms with E-state index in [1.54, 1.807) is 18.2 Å². The summed E-state index contributed by atoms with van der Waals surface area (Å²) < 4.78 is 1.09. The van der Waals surface area contributed by atoms with Gasteiger partial charge in [0.1, 0.15) is 5.69 Å². The van der Waals surface area contributed by atoms with Crippen LogP contribution in [-0.2, 0) is 0 Å². The number of nitrogen functional groups attached to an aromatic ring is 1. The predicted molar refractivity (Wildman–Crippen MR) is 54.6 cm³/mol. The van der Waals surface area contributed by atoms with Gasteiger partial charge in [0.05, 0.1) is 5.52 Å². The topological polar surface area (TPSA) is 68.2 Å². The summed E-state index contributed by atoms with van der Waals surface area (Å²) in [7, 11) is 0. The zero-order valence-corrected chi connectivity index (χ0v) is 7.82. The highest BCUT2D eigenvalue weighted by Crippen LogP contribution is 2.25. The molecule has 0 aliphatic rings. The first kappa shape index (κ1) is 8.90. The van der Waals surface area contributed by atoms with Crippen molar-refractivity contribution >= 4 is 34.3 Å². The molecule has 0 bridgehead atoms. The van der Waals surface area contributed by atoms with Crippen molar-refractivity contribution in [3.63, 3.8) is 0 Å². The van der Waals surface area contributed by atoms with Crippen LogP contribution in [0.15, 0.2) is 24.3 Å². The van der Waals surface area contributed by atoms with Gasteiger partial charge in [-0.05, 0) is 18.2 Å². The number of aromatic nitrogens is 1. The summed E-state index contributed by atoms with van der Waals surface area (Å²) in [6.45, 7) is 0. The standard InChI is InChI=1S/C9H7ClN2O2/c10-12-7-3-1-2-6(11)5(7)4-8(12)9(13)14/h1-4H,11H2,(H,13,14). The number of aromatic carboxylic acids is 1. The molecule has 0 amide bonds. The van der Waals surface area contributed by atoms with Gasteiger partial charge in [-0.3, -0.25) is 0 Å². The van der Waals surface area contributed by atoms with Crippen LogP contribution in [0.4, 0.5) is 5.69 Å². The number of nitrogens with two attached hydrogens (primary N) is 1. The van der Waals surface area contributed by atoms with Crippen LogP contribution in [0.3, 0.4) is 0 Å². The van der Waals surface area contributed by atoms with Gasteiger partial charge >= 0.3 is 5.97 Å². The van der Waals surface area contributed by atoms with Crippen molar-refractivity contribution in [2.75, 3.05) is 5.73 Å². The van der Waals surface area contributed by atoms with E-state index in [9.17, 15) is 4.79 Å². The number of halogens is 1. The zero-order valence-electron chi connectivity index (χ0n) is 7.07. The van der Waals surface area contributed by atoms with Gasteiger partial charge in [-0.2, -0.15) is 0 Å². The number of anilines is 1. The molecule has 2 rings (SSSR count). The maximum absolute atomic E-state index is 10.8. The number of nitrogens with zero attached hydrogens (tertiary/aromatic N) is 1. The second-order valence-electron chi connectivity index (χ2n) is 2.90. The number of benzene rings is 1. The molecule has 0 aliphatic carbocycles. The van der Waals surface area contributed by atoms with E-state index >= 15 is 0 Å². The molecule has 3 N–H and O–H groups in total. The van der Waals surface area contributed by atoms with Gasteiger partial charge in [0.15, 0.2) is 0 Å². The van der Waals surface area contributed by atoms with E-state index in [0.29, 0.717) is 16.6 Å². The van der Waals surface area contributed by atoms with E-state index < -0.39 is 5.97 Å². The van der Waals surface area contributed by atoms with Crippen LogP contribution in [0.2, 0.25) is 0 Å². The Morgan fingerprint density at radius 3 is 2.79 bits per heavy atom. The number of fused-ring (bicyclic) bond motifs is 1. The molecule has 2 aromatic rings. The maximum atomic E-state index is 10.8. The Morgan fingerprint density at radius 1 is 1.50 bits per heavy atom. The summed E-state index contributed by atoms with van der Waals surface area (Å²) >= 11 is 5.80. The first-order valence-electron chi connectivity index (χ1n) is 3.90. The lowest BCUT2D eigenvalue weighted by Crippen LogP contribution is -1.99. The quantitative estimate of drug-likeness (QED) is 0.707. The third kappa shape index (κ3) is 1.12. The molecule has 1 aromatic heterocycles. The van der Waals surface area contributed by atoms with Gasteiger partial charge in [0.25, 0.3) is 0 Å². The van der Waals surface area contributed by atoms with Crippen molar-refractivity contribution in [3.8, 4) is 0 Å². The van der Waals surface area contributed by atoms with E-state index in [0.717, 1.165) is 4.09 Å². The molecule has 0 atom stereocenters. The van der Waals surface area contributed by atoms with Gasteiger partial charge in [-0.1, -0.05) is 6.07 Å². The highest BCUT2D eigenvalue weighted by molar-refractivity contribution is 6.22. The summed E-state index contributed by atoms with van der Waals surface area (Å²) in [6, 6.07) is 6.60. The molecule has 5 heteroatoms. The predicted octanol–water partition coefficient (Wildman–Crippen LogP) is 1.92. The van der Waals surface area contributed by atoms with Crippen LogP contribution >= 0.6 is 11.8 Å². The Bertz CT molecular complexity index is 519. The Balaban J connectivity index is 2.86. The van der Waals surface area contributed by atoms with Crippen LogP contribution in [-0.4, -0.2) is 15.2 Å². The lowest BCUT2D eigenvalue weighted by atomic mass is 10.2. The molecule has 0 unspecified atom stereocenters. The molecule has 0 aliphatic heterocycles. The molecular formula is C9H7ClN2O2. The fourth-order valence-corrected chi connectivity index (χ4v) is 1.64. The number of rotatable bonds is 1. The Morgan fingerprint density at radius 2 is 2.21 bits per heavy atom. The SMILES string of the molecule is Nc1cccc2c1cc(C(=O)O)n2Cl. The van der Waals surface area contributed by atoms with Crippen molar-refractivity contribution in [2.24, 2.45) is 0 Å². The number of hydrogen-bond acceptors (Lipinski definition) is 2. The summed E-state index contributed by atoms with van der Waals surface area (Å²) in [4.78, 5) is 10.8. The number of carbonyl (C=O) groups is 1. The molecular weight excluding hydrogens is 204 g/mol. The summed E-state index contributed by atoms with van der Waals surface area (Å²) in [5, 5.41) is 9.46. The monoisotopic (exact) mass is 210 g/mol. The third-order valence-corrected chi connectivity index (χ3v) is 2.40. The highest BCUT2D eigenvalue weighted by atomic mass is 35.5. The first-order valence-corrected chi connectivity index (χ1v) is 4.24. The van der Waals surface area contributed by atoms with Crippen molar-refractivity contribution < 1.29 is 9.90 Å². The fourth-order valence-electron chi connectivity index (χ4n) is 1.37. The van der Waals surface area contributed by atoms with E-state index in [-0.39, 0.29) is 5.69 Å². The van der Waals surface area contributed by atoms with Gasteiger partial charge in [0.2, 0.25) is 0 Å². The van der Waals surface area contributed by atoms with Crippen molar-refractivity contribution in [2.45, 2.75) is 0 Å². The molecule has 1 aromatic carbocycles. The van der Waals surface area contributed by atoms with Crippen molar-refractivity contribution in [3.05, 3.63) is 30.0 Å². The Kier molecular flexibility index (Phi) is 1.86. The van der Waals surface area contributed by atoms with Gasteiger partial charge < -0.3 is 10.8 Å². The van der Waals surface area contributed by atoms with Crippen molar-refractivity contribution in [1.29, 1.82) is 0 Å². The summed E-state index contributed by atoms with van der Waals surface area (Å²) in [6.07, 6.45) is 0. The number of carboxylic acid groups (broad SMARTS) is 1. The molecule has 14 heavy (non-hydrogen) atoms. The van der Waals surface area contributed by atoms with Gasteiger partial charge in [-0.25, -0.2) is 8.88 Å². The van der Waals surface area contributed by atoms with Crippen LogP contribution in [0.5, 0.6) is 0 Å². The molecule has 4 nitrogen and oxygen atoms in total. The Labute approximate surface area is 84.6 Å². The van der Waals surface area contributed by atoms with Crippen LogP contribution < -0.4 is 5.73 Å². The average molecular weight is 211 g/mol. The minimum Gasteiger partial charge on any atom is -0.477 e. The lowest BCUT2D eigenvalue weighted by Gasteiger charge is -1.96. The molecule has 0 radical (unpaired) electrons. The molecule has 0 saturated carbocycles. The number of carboxylic acids is 1. The van der Waals surface area contributed by atoms with Gasteiger partial charge in [-0.15, -0.1) is 0 Å². The van der Waals surface area contributed by atoms with E-state index in [4.69, 9.17) is 22.6 Å². The second-order valence-corrected chi connectivity index (χ2v) is 3.23. The van der Waals surface area contributed by atoms with Crippen LogP contribution in [0.1, 0.15) is 10.5 Å².